The molecule has 178 valence electrons. The SMILES string of the molecule is CC(C)C(NS(=O)(=O)c1ccc2c(c1)OCCCO2)C(=O)NCCN1CCCCCC1=O. The van der Waals surface area contributed by atoms with Gasteiger partial charge in [0.05, 0.1) is 18.1 Å². The van der Waals surface area contributed by atoms with Crippen molar-refractivity contribution in [2.24, 2.45) is 5.92 Å². The fourth-order valence-corrected chi connectivity index (χ4v) is 5.10. The van der Waals surface area contributed by atoms with E-state index in [4.69, 9.17) is 9.47 Å². The molecule has 0 spiro atoms. The number of ether oxygens (including phenoxy) is 2. The van der Waals surface area contributed by atoms with Gasteiger partial charge in [0.1, 0.15) is 6.04 Å². The van der Waals surface area contributed by atoms with Gasteiger partial charge in [-0.15, -0.1) is 0 Å². The van der Waals surface area contributed by atoms with E-state index in [1.54, 1.807) is 24.8 Å². The second kappa shape index (κ2) is 11.0. The second-order valence-electron chi connectivity index (χ2n) is 8.48. The molecule has 0 aliphatic carbocycles. The Balaban J connectivity index is 1.62. The van der Waals surface area contributed by atoms with Crippen molar-refractivity contribution in [3.05, 3.63) is 18.2 Å². The predicted octanol–water partition coefficient (Wildman–Crippen LogP) is 1.67. The average Bonchev–Trinajstić information content (AvgIpc) is 3.11. The van der Waals surface area contributed by atoms with Crippen molar-refractivity contribution in [1.29, 1.82) is 0 Å². The molecular weight excluding hydrogens is 434 g/mol. The number of rotatable bonds is 8. The zero-order valence-electron chi connectivity index (χ0n) is 18.8. The highest BCUT2D eigenvalue weighted by Gasteiger charge is 2.29. The number of likely N-dealkylation sites (tertiary alicyclic amines) is 1. The molecule has 0 bridgehead atoms. The van der Waals surface area contributed by atoms with Gasteiger partial charge in [0, 0.05) is 38.5 Å². The van der Waals surface area contributed by atoms with Gasteiger partial charge in [-0.1, -0.05) is 20.3 Å². The van der Waals surface area contributed by atoms with Crippen LogP contribution in [0.15, 0.2) is 23.1 Å². The van der Waals surface area contributed by atoms with Crippen LogP contribution in [0, 0.1) is 5.92 Å². The van der Waals surface area contributed by atoms with Crippen molar-refractivity contribution in [3.63, 3.8) is 0 Å². The van der Waals surface area contributed by atoms with Crippen LogP contribution in [0.1, 0.15) is 46.0 Å². The standard InChI is InChI=1S/C22H33N3O6S/c1-16(2)21(22(27)23-10-12-25-11-5-3-4-7-20(25)26)24-32(28,29)17-8-9-18-19(15-17)31-14-6-13-30-18/h8-9,15-16,21,24H,3-7,10-14H2,1-2H3,(H,23,27). The molecule has 1 aromatic rings. The number of hydrogen-bond donors (Lipinski definition) is 2. The second-order valence-corrected chi connectivity index (χ2v) is 10.2. The molecule has 9 nitrogen and oxygen atoms in total. The lowest BCUT2D eigenvalue weighted by Gasteiger charge is -2.24. The van der Waals surface area contributed by atoms with Crippen LogP contribution in [0.3, 0.4) is 0 Å². The largest absolute Gasteiger partial charge is 0.490 e. The molecule has 32 heavy (non-hydrogen) atoms. The van der Waals surface area contributed by atoms with Crippen LogP contribution in [0.2, 0.25) is 0 Å². The number of hydrogen-bond acceptors (Lipinski definition) is 6. The third-order valence-corrected chi connectivity index (χ3v) is 7.05. The highest BCUT2D eigenvalue weighted by atomic mass is 32.2. The Morgan fingerprint density at radius 2 is 1.84 bits per heavy atom. The Kier molecular flexibility index (Phi) is 8.36. The van der Waals surface area contributed by atoms with E-state index in [1.165, 1.54) is 12.1 Å². The van der Waals surface area contributed by atoms with Crippen LogP contribution >= 0.6 is 0 Å². The van der Waals surface area contributed by atoms with Gasteiger partial charge in [-0.2, -0.15) is 4.72 Å². The summed E-state index contributed by atoms with van der Waals surface area (Å²) in [7, 11) is -3.96. The van der Waals surface area contributed by atoms with Crippen molar-refractivity contribution < 1.29 is 27.5 Å². The summed E-state index contributed by atoms with van der Waals surface area (Å²) in [6.45, 7) is 5.90. The van der Waals surface area contributed by atoms with E-state index in [9.17, 15) is 18.0 Å². The summed E-state index contributed by atoms with van der Waals surface area (Å²) < 4.78 is 39.6. The summed E-state index contributed by atoms with van der Waals surface area (Å²) >= 11 is 0. The number of amides is 2. The summed E-state index contributed by atoms with van der Waals surface area (Å²) in [4.78, 5) is 26.7. The molecule has 1 atom stereocenters. The number of fused-ring (bicyclic) bond motifs is 1. The first-order valence-corrected chi connectivity index (χ1v) is 12.7. The lowest BCUT2D eigenvalue weighted by atomic mass is 10.1. The smallest absolute Gasteiger partial charge is 0.241 e. The Morgan fingerprint density at radius 1 is 1.09 bits per heavy atom. The Morgan fingerprint density at radius 3 is 2.59 bits per heavy atom. The molecular formula is C22H33N3O6S. The fraction of sp³-hybridized carbons (Fsp3) is 0.636. The van der Waals surface area contributed by atoms with Crippen LogP contribution < -0.4 is 19.5 Å². The van der Waals surface area contributed by atoms with Crippen LogP contribution in [0.5, 0.6) is 11.5 Å². The first-order valence-electron chi connectivity index (χ1n) is 11.3. The van der Waals surface area contributed by atoms with E-state index in [2.05, 4.69) is 10.0 Å². The molecule has 2 N–H and O–H groups in total. The molecule has 1 unspecified atom stereocenters. The van der Waals surface area contributed by atoms with Crippen LogP contribution in [-0.2, 0) is 19.6 Å². The molecule has 2 heterocycles. The first-order chi connectivity index (χ1) is 15.3. The molecule has 2 aliphatic rings. The maximum Gasteiger partial charge on any atom is 0.241 e. The normalized spacial score (nSPS) is 18.1. The van der Waals surface area contributed by atoms with E-state index in [0.717, 1.165) is 19.3 Å². The van der Waals surface area contributed by atoms with Gasteiger partial charge in [0.15, 0.2) is 11.5 Å². The first kappa shape index (κ1) is 24.3. The van der Waals surface area contributed by atoms with Gasteiger partial charge in [0.2, 0.25) is 21.8 Å². The minimum atomic E-state index is -3.96. The number of carbonyl (C=O) groups excluding carboxylic acids is 2. The van der Waals surface area contributed by atoms with Crippen molar-refractivity contribution >= 4 is 21.8 Å². The molecule has 0 radical (unpaired) electrons. The molecule has 1 fully saturated rings. The molecule has 1 saturated heterocycles. The summed E-state index contributed by atoms with van der Waals surface area (Å²) in [5, 5.41) is 2.78. The van der Waals surface area contributed by atoms with E-state index in [1.807, 2.05) is 0 Å². The third-order valence-electron chi connectivity index (χ3n) is 5.61. The number of carbonyl (C=O) groups is 2. The van der Waals surface area contributed by atoms with Crippen molar-refractivity contribution in [2.75, 3.05) is 32.8 Å². The molecule has 2 aliphatic heterocycles. The maximum absolute atomic E-state index is 13.0. The Bertz CT molecular complexity index is 918. The van der Waals surface area contributed by atoms with Gasteiger partial charge >= 0.3 is 0 Å². The zero-order valence-corrected chi connectivity index (χ0v) is 19.6. The summed E-state index contributed by atoms with van der Waals surface area (Å²) in [6.07, 6.45) is 4.15. The average molecular weight is 468 g/mol. The summed E-state index contributed by atoms with van der Waals surface area (Å²) in [5.41, 5.74) is 0. The van der Waals surface area contributed by atoms with Crippen LogP contribution in [0.25, 0.3) is 0 Å². The number of benzene rings is 1. The van der Waals surface area contributed by atoms with Crippen molar-refractivity contribution in [2.45, 2.75) is 56.9 Å². The highest BCUT2D eigenvalue weighted by Crippen LogP contribution is 2.32. The topological polar surface area (TPSA) is 114 Å². The molecule has 2 amide bonds. The van der Waals surface area contributed by atoms with Crippen LogP contribution in [0.4, 0.5) is 0 Å². The minimum absolute atomic E-state index is 0.00960. The number of nitrogens with one attached hydrogen (secondary N) is 2. The third kappa shape index (κ3) is 6.35. The Labute approximate surface area is 189 Å². The van der Waals surface area contributed by atoms with E-state index >= 15 is 0 Å². The predicted molar refractivity (Wildman–Crippen MR) is 119 cm³/mol. The highest BCUT2D eigenvalue weighted by molar-refractivity contribution is 7.89. The lowest BCUT2D eigenvalue weighted by Crippen LogP contribution is -2.51. The molecule has 3 rings (SSSR count). The van der Waals surface area contributed by atoms with Gasteiger partial charge < -0.3 is 19.7 Å². The molecule has 0 aromatic heterocycles. The van der Waals surface area contributed by atoms with Gasteiger partial charge in [-0.3, -0.25) is 9.59 Å². The Hall–Kier alpha value is -2.33. The van der Waals surface area contributed by atoms with Crippen LogP contribution in [-0.4, -0.2) is 64.0 Å². The fourth-order valence-electron chi connectivity index (χ4n) is 3.74. The monoisotopic (exact) mass is 467 g/mol. The molecule has 0 saturated carbocycles. The number of nitrogens with zero attached hydrogens (tertiary/aromatic N) is 1. The quantitative estimate of drug-likeness (QED) is 0.601. The molecule has 1 aromatic carbocycles. The van der Waals surface area contributed by atoms with Gasteiger partial charge in [-0.05, 0) is 30.9 Å². The van der Waals surface area contributed by atoms with E-state index in [-0.39, 0.29) is 23.3 Å². The van der Waals surface area contributed by atoms with E-state index < -0.39 is 22.0 Å². The maximum atomic E-state index is 13.0. The van der Waals surface area contributed by atoms with Crippen molar-refractivity contribution in [3.8, 4) is 11.5 Å². The van der Waals surface area contributed by atoms with Gasteiger partial charge in [0.25, 0.3) is 0 Å². The number of sulfonamides is 1. The lowest BCUT2D eigenvalue weighted by molar-refractivity contribution is -0.131. The van der Waals surface area contributed by atoms with E-state index in [0.29, 0.717) is 50.6 Å². The zero-order chi connectivity index (χ0) is 23.1. The molecule has 10 heteroatoms. The van der Waals surface area contributed by atoms with Gasteiger partial charge in [-0.25, -0.2) is 8.42 Å². The summed E-state index contributed by atoms with van der Waals surface area (Å²) in [6, 6.07) is 3.48. The summed E-state index contributed by atoms with van der Waals surface area (Å²) in [5.74, 6) is 0.290. The minimum Gasteiger partial charge on any atom is -0.490 e. The van der Waals surface area contributed by atoms with Crippen molar-refractivity contribution in [1.82, 2.24) is 14.9 Å².